The number of phenolic OH excluding ortho intramolecular Hbond substituents is 1. The van der Waals surface area contributed by atoms with Gasteiger partial charge in [-0.1, -0.05) is 6.92 Å². The van der Waals surface area contributed by atoms with Crippen LogP contribution in [-0.4, -0.2) is 20.1 Å². The van der Waals surface area contributed by atoms with Gasteiger partial charge in [0.1, 0.15) is 5.75 Å². The lowest BCUT2D eigenvalue weighted by molar-refractivity contribution is 0.477. The Morgan fingerprint density at radius 3 is 2.64 bits per heavy atom. The molecule has 0 aliphatic carbocycles. The normalized spacial score (nSPS) is 11.5. The van der Waals surface area contributed by atoms with Crippen LogP contribution in [0.1, 0.15) is 6.92 Å². The van der Waals surface area contributed by atoms with Crippen molar-refractivity contribution in [3.8, 4) is 5.75 Å². The van der Waals surface area contributed by atoms with Crippen LogP contribution in [0.15, 0.2) is 23.1 Å². The van der Waals surface area contributed by atoms with E-state index in [9.17, 15) is 8.42 Å². The lowest BCUT2D eigenvalue weighted by Gasteiger charge is -2.05. The van der Waals surface area contributed by atoms with Gasteiger partial charge in [0.25, 0.3) is 0 Å². The minimum atomic E-state index is -3.49. The summed E-state index contributed by atoms with van der Waals surface area (Å²) in [5.41, 5.74) is 5.42. The van der Waals surface area contributed by atoms with Gasteiger partial charge in [-0.3, -0.25) is 0 Å². The molecule has 6 heteroatoms. The summed E-state index contributed by atoms with van der Waals surface area (Å²) in [6.07, 6.45) is 0. The summed E-state index contributed by atoms with van der Waals surface area (Å²) < 4.78 is 25.2. The first-order valence-electron chi connectivity index (χ1n) is 4.05. The molecule has 0 fully saturated rings. The van der Waals surface area contributed by atoms with Crippen molar-refractivity contribution in [1.29, 1.82) is 0 Å². The average Bonchev–Trinajstić information content (AvgIpc) is 2.09. The number of anilines is 1. The molecular weight excluding hydrogens is 204 g/mol. The number of nitrogens with one attached hydrogen (secondary N) is 1. The van der Waals surface area contributed by atoms with Gasteiger partial charge in [0.05, 0.1) is 10.6 Å². The van der Waals surface area contributed by atoms with Crippen molar-refractivity contribution in [3.05, 3.63) is 18.2 Å². The van der Waals surface area contributed by atoms with E-state index in [-0.39, 0.29) is 16.3 Å². The molecule has 0 amide bonds. The van der Waals surface area contributed by atoms with Crippen molar-refractivity contribution in [2.24, 2.45) is 0 Å². The summed E-state index contributed by atoms with van der Waals surface area (Å²) in [5, 5.41) is 9.10. The van der Waals surface area contributed by atoms with Crippen molar-refractivity contribution < 1.29 is 13.5 Å². The molecule has 0 aliphatic rings. The molecule has 0 radical (unpaired) electrons. The van der Waals surface area contributed by atoms with Gasteiger partial charge < -0.3 is 10.8 Å². The van der Waals surface area contributed by atoms with Gasteiger partial charge in [0.2, 0.25) is 10.0 Å². The summed E-state index contributed by atoms with van der Waals surface area (Å²) in [6, 6.07) is 3.76. The largest absolute Gasteiger partial charge is 0.506 e. The summed E-state index contributed by atoms with van der Waals surface area (Å²) in [5.74, 6) is -0.125. The third-order valence-corrected chi connectivity index (χ3v) is 3.19. The Morgan fingerprint density at radius 2 is 2.14 bits per heavy atom. The molecule has 14 heavy (non-hydrogen) atoms. The fourth-order valence-electron chi connectivity index (χ4n) is 0.973. The van der Waals surface area contributed by atoms with Crippen molar-refractivity contribution >= 4 is 15.7 Å². The summed E-state index contributed by atoms with van der Waals surface area (Å²) in [4.78, 5) is 0.0506. The first-order valence-corrected chi connectivity index (χ1v) is 5.54. The molecule has 1 aromatic rings. The Balaban J connectivity index is 3.15. The zero-order valence-electron chi connectivity index (χ0n) is 7.69. The standard InChI is InChI=1S/C8H12N2O3S/c1-2-10-14(12,13)6-3-4-8(11)7(9)5-6/h3-5,10-11H,2,9H2,1H3. The molecule has 78 valence electrons. The smallest absolute Gasteiger partial charge is 0.240 e. The Labute approximate surface area is 82.6 Å². The zero-order chi connectivity index (χ0) is 10.8. The molecular formula is C8H12N2O3S. The van der Waals surface area contributed by atoms with Crippen LogP contribution >= 0.6 is 0 Å². The number of benzene rings is 1. The van der Waals surface area contributed by atoms with E-state index in [4.69, 9.17) is 10.8 Å². The highest BCUT2D eigenvalue weighted by molar-refractivity contribution is 7.89. The first-order chi connectivity index (χ1) is 6.47. The molecule has 0 bridgehead atoms. The third-order valence-electron chi connectivity index (χ3n) is 1.64. The maximum absolute atomic E-state index is 11.4. The van der Waals surface area contributed by atoms with Gasteiger partial charge in [-0.05, 0) is 18.2 Å². The van der Waals surface area contributed by atoms with Crippen LogP contribution in [0.3, 0.4) is 0 Å². The van der Waals surface area contributed by atoms with E-state index in [1.807, 2.05) is 0 Å². The number of phenols is 1. The van der Waals surface area contributed by atoms with E-state index in [1.165, 1.54) is 18.2 Å². The van der Waals surface area contributed by atoms with Gasteiger partial charge >= 0.3 is 0 Å². The van der Waals surface area contributed by atoms with E-state index in [0.29, 0.717) is 6.54 Å². The van der Waals surface area contributed by atoms with Gasteiger partial charge in [-0.2, -0.15) is 0 Å². The maximum atomic E-state index is 11.4. The Morgan fingerprint density at radius 1 is 1.50 bits per heavy atom. The lowest BCUT2D eigenvalue weighted by atomic mass is 10.3. The Hall–Kier alpha value is -1.27. The third kappa shape index (κ3) is 2.15. The van der Waals surface area contributed by atoms with Gasteiger partial charge in [-0.25, -0.2) is 13.1 Å². The van der Waals surface area contributed by atoms with E-state index >= 15 is 0 Å². The second-order valence-electron chi connectivity index (χ2n) is 2.72. The van der Waals surface area contributed by atoms with Crippen LogP contribution in [0, 0.1) is 0 Å². The van der Waals surface area contributed by atoms with Crippen LogP contribution in [0.4, 0.5) is 5.69 Å². The van der Waals surface area contributed by atoms with Crippen LogP contribution in [-0.2, 0) is 10.0 Å². The summed E-state index contributed by atoms with van der Waals surface area (Å²) in [6.45, 7) is 1.99. The fraction of sp³-hybridized carbons (Fsp3) is 0.250. The molecule has 0 saturated carbocycles. The van der Waals surface area contributed by atoms with Crippen molar-refractivity contribution in [1.82, 2.24) is 4.72 Å². The highest BCUT2D eigenvalue weighted by Gasteiger charge is 2.13. The predicted octanol–water partition coefficient (Wildman–Crippen LogP) is 0.273. The zero-order valence-corrected chi connectivity index (χ0v) is 8.50. The van der Waals surface area contributed by atoms with Crippen LogP contribution in [0.5, 0.6) is 5.75 Å². The number of hydrogen-bond acceptors (Lipinski definition) is 4. The van der Waals surface area contributed by atoms with Crippen LogP contribution in [0.2, 0.25) is 0 Å². The Kier molecular flexibility index (Phi) is 2.97. The molecule has 0 unspecified atom stereocenters. The van der Waals surface area contributed by atoms with Crippen molar-refractivity contribution in [3.63, 3.8) is 0 Å². The van der Waals surface area contributed by atoms with E-state index in [1.54, 1.807) is 6.92 Å². The molecule has 5 nitrogen and oxygen atoms in total. The molecule has 1 rings (SSSR count). The highest BCUT2D eigenvalue weighted by Crippen LogP contribution is 2.22. The number of rotatable bonds is 3. The molecule has 4 N–H and O–H groups in total. The molecule has 0 aromatic heterocycles. The SMILES string of the molecule is CCNS(=O)(=O)c1ccc(O)c(N)c1. The minimum absolute atomic E-state index is 0.0454. The van der Waals surface area contributed by atoms with Crippen LogP contribution < -0.4 is 10.5 Å². The predicted molar refractivity (Wildman–Crippen MR) is 53.4 cm³/mol. The number of aromatic hydroxyl groups is 1. The Bertz CT molecular complexity index is 428. The highest BCUT2D eigenvalue weighted by atomic mass is 32.2. The van der Waals surface area contributed by atoms with Crippen LogP contribution in [0.25, 0.3) is 0 Å². The quantitative estimate of drug-likeness (QED) is 0.499. The number of sulfonamides is 1. The lowest BCUT2D eigenvalue weighted by Crippen LogP contribution is -2.23. The first kappa shape index (κ1) is 10.8. The number of nitrogens with two attached hydrogens (primary N) is 1. The number of hydrogen-bond donors (Lipinski definition) is 3. The average molecular weight is 216 g/mol. The molecule has 0 heterocycles. The monoisotopic (exact) mass is 216 g/mol. The van der Waals surface area contributed by atoms with Gasteiger partial charge in [0.15, 0.2) is 0 Å². The van der Waals surface area contributed by atoms with Crippen molar-refractivity contribution in [2.45, 2.75) is 11.8 Å². The summed E-state index contributed by atoms with van der Waals surface area (Å²) in [7, 11) is -3.49. The fourth-order valence-corrected chi connectivity index (χ4v) is 2.05. The maximum Gasteiger partial charge on any atom is 0.240 e. The molecule has 0 saturated heterocycles. The second-order valence-corrected chi connectivity index (χ2v) is 4.49. The van der Waals surface area contributed by atoms with E-state index < -0.39 is 10.0 Å². The van der Waals surface area contributed by atoms with Gasteiger partial charge in [-0.15, -0.1) is 0 Å². The van der Waals surface area contributed by atoms with Crippen molar-refractivity contribution in [2.75, 3.05) is 12.3 Å². The van der Waals surface area contributed by atoms with E-state index in [0.717, 1.165) is 0 Å². The second kappa shape index (κ2) is 3.85. The molecule has 0 aliphatic heterocycles. The van der Waals surface area contributed by atoms with Gasteiger partial charge in [0, 0.05) is 6.54 Å². The minimum Gasteiger partial charge on any atom is -0.506 e. The number of nitrogen functional groups attached to an aromatic ring is 1. The topological polar surface area (TPSA) is 92.4 Å². The summed E-state index contributed by atoms with van der Waals surface area (Å²) >= 11 is 0. The molecule has 0 spiro atoms. The molecule has 1 aromatic carbocycles. The molecule has 0 atom stereocenters. The van der Waals surface area contributed by atoms with E-state index in [2.05, 4.69) is 4.72 Å².